The molecule has 1 aromatic heterocycles. The summed E-state index contributed by atoms with van der Waals surface area (Å²) in [5, 5.41) is 0. The van der Waals surface area contributed by atoms with Crippen molar-refractivity contribution in [1.82, 2.24) is 14.5 Å². The summed E-state index contributed by atoms with van der Waals surface area (Å²) in [4.78, 5) is 17.7. The Bertz CT molecular complexity index is 808. The van der Waals surface area contributed by atoms with Crippen LogP contribution in [0.5, 0.6) is 0 Å². The molecule has 2 aromatic rings. The van der Waals surface area contributed by atoms with Crippen LogP contribution in [-0.4, -0.2) is 48.2 Å². The smallest absolute Gasteiger partial charge is 0.272 e. The maximum absolute atomic E-state index is 12.9. The molecule has 23 heavy (non-hydrogen) atoms. The van der Waals surface area contributed by atoms with Gasteiger partial charge in [0.05, 0.1) is 4.75 Å². The number of hydrogen-bond acceptors (Lipinski definition) is 3. The number of aromatic nitrogens is 2. The van der Waals surface area contributed by atoms with Gasteiger partial charge in [0, 0.05) is 41.5 Å². The minimum Gasteiger partial charge on any atom is -0.336 e. The van der Waals surface area contributed by atoms with E-state index in [0.29, 0.717) is 29.3 Å². The van der Waals surface area contributed by atoms with Gasteiger partial charge in [0.2, 0.25) is 0 Å². The van der Waals surface area contributed by atoms with Crippen LogP contribution in [0.3, 0.4) is 0 Å². The van der Waals surface area contributed by atoms with E-state index < -0.39 is 15.5 Å². The lowest BCUT2D eigenvalue weighted by molar-refractivity contribution is 0.0737. The molecule has 3 rings (SSSR count). The van der Waals surface area contributed by atoms with Crippen molar-refractivity contribution in [1.29, 1.82) is 0 Å². The van der Waals surface area contributed by atoms with E-state index in [2.05, 4.69) is 4.98 Å². The fraction of sp³-hybridized carbons (Fsp3) is 0.375. The highest BCUT2D eigenvalue weighted by Crippen LogP contribution is 2.22. The van der Waals surface area contributed by atoms with Gasteiger partial charge in [0.1, 0.15) is 5.69 Å². The highest BCUT2D eigenvalue weighted by molar-refractivity contribution is 7.86. The van der Waals surface area contributed by atoms with Crippen LogP contribution in [0.2, 0.25) is 0 Å². The van der Waals surface area contributed by atoms with E-state index in [1.54, 1.807) is 15.7 Å². The first-order chi connectivity index (χ1) is 10.9. The van der Waals surface area contributed by atoms with E-state index in [4.69, 9.17) is 12.2 Å². The van der Waals surface area contributed by atoms with Crippen molar-refractivity contribution in [3.05, 3.63) is 47.0 Å². The summed E-state index contributed by atoms with van der Waals surface area (Å²) >= 11 is 5.33. The Morgan fingerprint density at radius 3 is 2.65 bits per heavy atom. The Hall–Kier alpha value is -1.73. The van der Waals surface area contributed by atoms with Crippen LogP contribution in [0.25, 0.3) is 5.69 Å². The fourth-order valence-corrected chi connectivity index (χ4v) is 4.28. The fourth-order valence-electron chi connectivity index (χ4n) is 2.77. The highest BCUT2D eigenvalue weighted by Gasteiger charge is 2.36. The monoisotopic (exact) mass is 349 g/mol. The van der Waals surface area contributed by atoms with Crippen LogP contribution in [0.1, 0.15) is 24.3 Å². The zero-order valence-electron chi connectivity index (χ0n) is 13.1. The second kappa shape index (κ2) is 6.05. The lowest BCUT2D eigenvalue weighted by Crippen LogP contribution is -2.52. The van der Waals surface area contributed by atoms with Crippen molar-refractivity contribution < 1.29 is 9.00 Å². The van der Waals surface area contributed by atoms with E-state index in [0.717, 1.165) is 5.69 Å². The number of benzene rings is 1. The molecule has 1 saturated heterocycles. The predicted octanol–water partition coefficient (Wildman–Crippen LogP) is 2.52. The van der Waals surface area contributed by atoms with Crippen molar-refractivity contribution in [2.45, 2.75) is 18.6 Å². The van der Waals surface area contributed by atoms with Crippen molar-refractivity contribution in [3.63, 3.8) is 0 Å². The van der Waals surface area contributed by atoms with Crippen LogP contribution < -0.4 is 0 Å². The summed E-state index contributed by atoms with van der Waals surface area (Å²) in [6.07, 6.45) is 1.65. The molecule has 0 aliphatic carbocycles. The second-order valence-electron chi connectivity index (χ2n) is 6.19. The van der Waals surface area contributed by atoms with Gasteiger partial charge >= 0.3 is 0 Å². The second-order valence-corrected chi connectivity index (χ2v) is 8.78. The molecule has 0 bridgehead atoms. The molecule has 0 unspecified atom stereocenters. The van der Waals surface area contributed by atoms with E-state index in [1.165, 1.54) is 0 Å². The van der Waals surface area contributed by atoms with Gasteiger partial charge in [-0.1, -0.05) is 18.2 Å². The van der Waals surface area contributed by atoms with Crippen LogP contribution in [0.15, 0.2) is 36.5 Å². The van der Waals surface area contributed by atoms with Gasteiger partial charge in [-0.25, -0.2) is 0 Å². The maximum Gasteiger partial charge on any atom is 0.272 e. The number of nitrogens with one attached hydrogen (secondary N) is 1. The molecule has 1 N–H and O–H groups in total. The molecule has 0 saturated carbocycles. The van der Waals surface area contributed by atoms with Gasteiger partial charge in [-0.15, -0.1) is 0 Å². The summed E-state index contributed by atoms with van der Waals surface area (Å²) in [6.45, 7) is 4.85. The lowest BCUT2D eigenvalue weighted by atomic mass is 10.1. The third-order valence-corrected chi connectivity index (χ3v) is 6.25. The number of nitrogens with zero attached hydrogens (tertiary/aromatic N) is 2. The molecule has 0 spiro atoms. The Morgan fingerprint density at radius 1 is 1.30 bits per heavy atom. The number of imidazole rings is 1. The van der Waals surface area contributed by atoms with Crippen LogP contribution in [0, 0.1) is 4.77 Å². The SMILES string of the molecule is CC1(C)CN(C(=O)c2c[nH]c(=S)n2-c2ccccc2)CC[S@]1=O. The third kappa shape index (κ3) is 3.03. The summed E-state index contributed by atoms with van der Waals surface area (Å²) in [5.41, 5.74) is 1.35. The topological polar surface area (TPSA) is 58.1 Å². The van der Waals surface area contributed by atoms with Gasteiger partial charge in [0.25, 0.3) is 5.91 Å². The Morgan fingerprint density at radius 2 is 2.00 bits per heavy atom. The average Bonchev–Trinajstić information content (AvgIpc) is 2.91. The number of H-pyrrole nitrogens is 1. The largest absolute Gasteiger partial charge is 0.336 e. The molecule has 0 radical (unpaired) electrons. The van der Waals surface area contributed by atoms with Gasteiger partial charge < -0.3 is 9.88 Å². The number of amides is 1. The summed E-state index contributed by atoms with van der Waals surface area (Å²) in [6, 6.07) is 9.56. The van der Waals surface area contributed by atoms with Gasteiger partial charge in [-0.05, 0) is 38.2 Å². The van der Waals surface area contributed by atoms with Gasteiger partial charge in [0.15, 0.2) is 4.77 Å². The third-order valence-electron chi connectivity index (χ3n) is 4.03. The number of hydrogen-bond donors (Lipinski definition) is 1. The van der Waals surface area contributed by atoms with Crippen molar-refractivity contribution in [2.24, 2.45) is 0 Å². The van der Waals surface area contributed by atoms with Crippen LogP contribution in [-0.2, 0) is 10.8 Å². The first-order valence-electron chi connectivity index (χ1n) is 7.44. The maximum atomic E-state index is 12.9. The molecule has 1 fully saturated rings. The predicted molar refractivity (Wildman–Crippen MR) is 93.9 cm³/mol. The molecule has 1 aromatic carbocycles. The average molecular weight is 349 g/mol. The van der Waals surface area contributed by atoms with Gasteiger partial charge in [-0.3, -0.25) is 13.6 Å². The molecule has 122 valence electrons. The summed E-state index contributed by atoms with van der Waals surface area (Å²) in [7, 11) is -0.909. The minimum atomic E-state index is -0.909. The molecule has 1 amide bonds. The molecule has 2 heterocycles. The van der Waals surface area contributed by atoms with Crippen LogP contribution in [0.4, 0.5) is 0 Å². The Kier molecular flexibility index (Phi) is 4.25. The standard InChI is InChI=1S/C16H19N3O2S2/c1-16(2)11-18(8-9-23(16)21)14(20)13-10-17-15(22)19(13)12-6-4-3-5-7-12/h3-7,10H,8-9,11H2,1-2H3,(H,17,22)/t23-/m1/s1. The van der Waals surface area contributed by atoms with E-state index in [-0.39, 0.29) is 5.91 Å². The highest BCUT2D eigenvalue weighted by atomic mass is 32.2. The zero-order chi connectivity index (χ0) is 16.6. The van der Waals surface area contributed by atoms with Crippen molar-refractivity contribution in [2.75, 3.05) is 18.8 Å². The van der Waals surface area contributed by atoms with Crippen LogP contribution >= 0.6 is 12.2 Å². The Balaban J connectivity index is 1.96. The summed E-state index contributed by atoms with van der Waals surface area (Å²) in [5.74, 6) is 0.417. The molecule has 1 aliphatic heterocycles. The molecular formula is C16H19N3O2S2. The van der Waals surface area contributed by atoms with E-state index >= 15 is 0 Å². The number of carbonyl (C=O) groups is 1. The van der Waals surface area contributed by atoms with Gasteiger partial charge in [-0.2, -0.15) is 0 Å². The Labute approximate surface area is 142 Å². The number of aromatic amines is 1. The minimum absolute atomic E-state index is 0.0917. The normalized spacial score (nSPS) is 20.4. The van der Waals surface area contributed by atoms with Crippen molar-refractivity contribution in [3.8, 4) is 5.69 Å². The molecular weight excluding hydrogens is 330 g/mol. The van der Waals surface area contributed by atoms with E-state index in [1.807, 2.05) is 44.2 Å². The van der Waals surface area contributed by atoms with Crippen molar-refractivity contribution >= 4 is 28.9 Å². The first-order valence-corrected chi connectivity index (χ1v) is 9.16. The molecule has 7 heteroatoms. The summed E-state index contributed by atoms with van der Waals surface area (Å²) < 4.78 is 13.9. The lowest BCUT2D eigenvalue weighted by Gasteiger charge is -2.37. The quantitative estimate of drug-likeness (QED) is 0.848. The number of para-hydroxylation sites is 1. The number of rotatable bonds is 2. The molecule has 1 aliphatic rings. The number of carbonyl (C=O) groups excluding carboxylic acids is 1. The first kappa shape index (κ1) is 16.1. The zero-order valence-corrected chi connectivity index (χ0v) is 14.7. The van der Waals surface area contributed by atoms with E-state index in [9.17, 15) is 9.00 Å². The molecule has 1 atom stereocenters. The molecule has 5 nitrogen and oxygen atoms in total.